The molecule has 0 aliphatic carbocycles. The number of rotatable bonds is 8. The molecule has 32 heavy (non-hydrogen) atoms. The van der Waals surface area contributed by atoms with Gasteiger partial charge >= 0.3 is 0 Å². The summed E-state index contributed by atoms with van der Waals surface area (Å²) in [4.78, 5) is 12.4. The number of carbonyl (C=O) groups excluding carboxylic acids is 1. The van der Waals surface area contributed by atoms with Crippen molar-refractivity contribution < 1.29 is 9.53 Å². The minimum atomic E-state index is -0.159. The van der Waals surface area contributed by atoms with E-state index in [0.717, 1.165) is 22.4 Å². The number of nitrogens with two attached hydrogens (primary N) is 1. The van der Waals surface area contributed by atoms with Gasteiger partial charge in [0.15, 0.2) is 5.82 Å². The molecule has 0 fully saturated rings. The molecule has 0 aliphatic heterocycles. The summed E-state index contributed by atoms with van der Waals surface area (Å²) >= 11 is 1.23. The minimum Gasteiger partial charge on any atom is -0.489 e. The molecule has 3 N–H and O–H groups in total. The first-order chi connectivity index (χ1) is 15.6. The molecule has 0 spiro atoms. The number of amides is 1. The van der Waals surface area contributed by atoms with Crippen LogP contribution in [0.4, 0.5) is 5.69 Å². The molecule has 0 unspecified atom stereocenters. The van der Waals surface area contributed by atoms with E-state index in [0.29, 0.717) is 23.3 Å². The van der Waals surface area contributed by atoms with Gasteiger partial charge in [0.2, 0.25) is 11.1 Å². The maximum Gasteiger partial charge on any atom is 0.234 e. The number of anilines is 1. The van der Waals surface area contributed by atoms with Crippen LogP contribution in [0.15, 0.2) is 84.0 Å². The molecule has 0 atom stereocenters. The summed E-state index contributed by atoms with van der Waals surface area (Å²) in [5.74, 6) is 7.43. The Morgan fingerprint density at radius 1 is 1.03 bits per heavy atom. The number of aryl methyl sites for hydroxylation is 1. The van der Waals surface area contributed by atoms with Crippen molar-refractivity contribution in [3.63, 3.8) is 0 Å². The average Bonchev–Trinajstić information content (AvgIpc) is 3.18. The van der Waals surface area contributed by atoms with E-state index < -0.39 is 0 Å². The number of aromatic nitrogens is 3. The number of hydrogen-bond donors (Lipinski definition) is 2. The smallest absolute Gasteiger partial charge is 0.234 e. The zero-order valence-electron chi connectivity index (χ0n) is 17.6. The highest BCUT2D eigenvalue weighted by molar-refractivity contribution is 7.99. The van der Waals surface area contributed by atoms with Crippen molar-refractivity contribution in [1.82, 2.24) is 14.9 Å². The van der Waals surface area contributed by atoms with Crippen LogP contribution in [-0.2, 0) is 11.4 Å². The summed E-state index contributed by atoms with van der Waals surface area (Å²) in [5, 5.41) is 11.6. The number of nitrogens with zero attached hydrogens (tertiary/aromatic N) is 3. The number of thioether (sulfide) groups is 1. The van der Waals surface area contributed by atoms with Crippen LogP contribution in [0.25, 0.3) is 11.4 Å². The molecule has 0 saturated carbocycles. The van der Waals surface area contributed by atoms with Crippen LogP contribution < -0.4 is 15.9 Å². The number of nitrogen functional groups attached to an aromatic ring is 1. The van der Waals surface area contributed by atoms with E-state index in [2.05, 4.69) is 15.5 Å². The van der Waals surface area contributed by atoms with Gasteiger partial charge in [0, 0.05) is 11.3 Å². The third-order valence-corrected chi connectivity index (χ3v) is 5.60. The van der Waals surface area contributed by atoms with Gasteiger partial charge in [-0.25, -0.2) is 4.68 Å². The van der Waals surface area contributed by atoms with Gasteiger partial charge in [-0.3, -0.25) is 4.79 Å². The Morgan fingerprint density at radius 3 is 2.56 bits per heavy atom. The lowest BCUT2D eigenvalue weighted by molar-refractivity contribution is -0.113. The molecular formula is C24H23N5O2S. The van der Waals surface area contributed by atoms with Crippen LogP contribution in [0.5, 0.6) is 5.75 Å². The predicted molar refractivity (Wildman–Crippen MR) is 127 cm³/mol. The molecule has 3 aromatic carbocycles. The van der Waals surface area contributed by atoms with Gasteiger partial charge in [-0.1, -0.05) is 65.9 Å². The Labute approximate surface area is 190 Å². The fraction of sp³-hybridized carbons (Fsp3) is 0.125. The Hall–Kier alpha value is -3.78. The molecule has 0 aliphatic rings. The lowest BCUT2D eigenvalue weighted by Crippen LogP contribution is -2.16. The van der Waals surface area contributed by atoms with Gasteiger partial charge in [-0.2, -0.15) is 0 Å². The predicted octanol–water partition coefficient (Wildman–Crippen LogP) is 4.28. The second-order valence-electron chi connectivity index (χ2n) is 7.18. The topological polar surface area (TPSA) is 95.1 Å². The molecule has 1 aromatic heterocycles. The van der Waals surface area contributed by atoms with Gasteiger partial charge in [0.25, 0.3) is 0 Å². The molecule has 1 heterocycles. The number of hydrogen-bond acceptors (Lipinski definition) is 6. The Balaban J connectivity index is 1.29. The van der Waals surface area contributed by atoms with Gasteiger partial charge in [-0.15, -0.1) is 10.2 Å². The largest absolute Gasteiger partial charge is 0.489 e. The maximum absolute atomic E-state index is 12.4. The fourth-order valence-electron chi connectivity index (χ4n) is 3.06. The van der Waals surface area contributed by atoms with Crippen molar-refractivity contribution in [3.8, 4) is 17.1 Å². The van der Waals surface area contributed by atoms with Gasteiger partial charge in [0.05, 0.1) is 5.75 Å². The van der Waals surface area contributed by atoms with Crippen molar-refractivity contribution in [2.24, 2.45) is 0 Å². The molecule has 0 bridgehead atoms. The number of ether oxygens (including phenoxy) is 1. The van der Waals surface area contributed by atoms with Gasteiger partial charge < -0.3 is 15.9 Å². The van der Waals surface area contributed by atoms with E-state index in [1.807, 2.05) is 85.8 Å². The molecule has 0 radical (unpaired) electrons. The monoisotopic (exact) mass is 445 g/mol. The highest BCUT2D eigenvalue weighted by atomic mass is 32.2. The van der Waals surface area contributed by atoms with Crippen LogP contribution in [-0.4, -0.2) is 26.5 Å². The van der Waals surface area contributed by atoms with Gasteiger partial charge in [0.1, 0.15) is 12.4 Å². The van der Waals surface area contributed by atoms with Crippen molar-refractivity contribution >= 4 is 23.4 Å². The highest BCUT2D eigenvalue weighted by Crippen LogP contribution is 2.23. The molecule has 162 valence electrons. The summed E-state index contributed by atoms with van der Waals surface area (Å²) in [6.45, 7) is 2.50. The van der Waals surface area contributed by atoms with Crippen molar-refractivity contribution in [2.75, 3.05) is 16.9 Å². The van der Waals surface area contributed by atoms with E-state index in [-0.39, 0.29) is 11.7 Å². The Kier molecular flexibility index (Phi) is 6.72. The summed E-state index contributed by atoms with van der Waals surface area (Å²) in [5.41, 5.74) is 3.78. The van der Waals surface area contributed by atoms with E-state index >= 15 is 0 Å². The maximum atomic E-state index is 12.4. The zero-order valence-corrected chi connectivity index (χ0v) is 18.4. The minimum absolute atomic E-state index is 0.159. The fourth-order valence-corrected chi connectivity index (χ4v) is 3.72. The number of benzene rings is 3. The zero-order chi connectivity index (χ0) is 22.3. The average molecular weight is 446 g/mol. The summed E-state index contributed by atoms with van der Waals surface area (Å²) in [6, 6.07) is 25.1. The first-order valence-electron chi connectivity index (χ1n) is 10.1. The second kappa shape index (κ2) is 10.0. The van der Waals surface area contributed by atoms with Crippen molar-refractivity contribution in [3.05, 3.63) is 90.0 Å². The summed E-state index contributed by atoms with van der Waals surface area (Å²) < 4.78 is 7.18. The Morgan fingerprint density at radius 2 is 1.81 bits per heavy atom. The lowest BCUT2D eigenvalue weighted by atomic mass is 10.1. The van der Waals surface area contributed by atoms with Crippen molar-refractivity contribution in [1.29, 1.82) is 0 Å². The molecule has 0 saturated heterocycles. The van der Waals surface area contributed by atoms with Gasteiger partial charge in [-0.05, 0) is 42.8 Å². The first kappa shape index (κ1) is 21.5. The normalized spacial score (nSPS) is 10.7. The summed E-state index contributed by atoms with van der Waals surface area (Å²) in [7, 11) is 0. The van der Waals surface area contributed by atoms with Crippen LogP contribution >= 0.6 is 11.8 Å². The van der Waals surface area contributed by atoms with E-state index in [1.165, 1.54) is 16.4 Å². The molecular weight excluding hydrogens is 422 g/mol. The SMILES string of the molecule is Cc1cccc(-c2nnc(SCC(=O)Nc3ccc(OCc4ccccc4)cc3)n2N)c1. The molecule has 7 nitrogen and oxygen atoms in total. The third-order valence-electron chi connectivity index (χ3n) is 4.66. The van der Waals surface area contributed by atoms with E-state index in [9.17, 15) is 4.79 Å². The third kappa shape index (κ3) is 5.47. The first-order valence-corrected chi connectivity index (χ1v) is 11.0. The molecule has 1 amide bonds. The van der Waals surface area contributed by atoms with Crippen LogP contribution in [0.3, 0.4) is 0 Å². The summed E-state index contributed by atoms with van der Waals surface area (Å²) in [6.07, 6.45) is 0. The molecule has 4 aromatic rings. The van der Waals surface area contributed by atoms with Crippen LogP contribution in [0.1, 0.15) is 11.1 Å². The van der Waals surface area contributed by atoms with Crippen LogP contribution in [0, 0.1) is 6.92 Å². The number of carbonyl (C=O) groups is 1. The van der Waals surface area contributed by atoms with E-state index in [4.69, 9.17) is 10.6 Å². The highest BCUT2D eigenvalue weighted by Gasteiger charge is 2.14. The lowest BCUT2D eigenvalue weighted by Gasteiger charge is -2.08. The quantitative estimate of drug-likeness (QED) is 0.311. The standard InChI is InChI=1S/C24H23N5O2S/c1-17-6-5-9-19(14-17)23-27-28-24(29(23)25)32-16-22(30)26-20-10-12-21(13-11-20)31-15-18-7-3-2-4-8-18/h2-14H,15-16,25H2,1H3,(H,26,30). The van der Waals surface area contributed by atoms with Crippen molar-refractivity contribution in [2.45, 2.75) is 18.7 Å². The van der Waals surface area contributed by atoms with E-state index in [1.54, 1.807) is 0 Å². The van der Waals surface area contributed by atoms with Crippen LogP contribution in [0.2, 0.25) is 0 Å². The Bertz CT molecular complexity index is 1190. The second-order valence-corrected chi connectivity index (χ2v) is 8.12. The number of nitrogens with one attached hydrogen (secondary N) is 1. The molecule has 4 rings (SSSR count). The molecule has 8 heteroatoms.